The summed E-state index contributed by atoms with van der Waals surface area (Å²) in [5.41, 5.74) is -0.0508. The van der Waals surface area contributed by atoms with Gasteiger partial charge in [-0.1, -0.05) is 6.92 Å². The molecule has 0 bridgehead atoms. The molecule has 3 heteroatoms. The summed E-state index contributed by atoms with van der Waals surface area (Å²) in [6, 6.07) is 0. The second kappa shape index (κ2) is 4.40. The van der Waals surface area contributed by atoms with E-state index in [1.54, 1.807) is 0 Å². The third-order valence-electron chi connectivity index (χ3n) is 3.23. The van der Waals surface area contributed by atoms with Crippen LogP contribution in [0.1, 0.15) is 19.8 Å². The molecule has 1 unspecified atom stereocenters. The number of aliphatic hydroxyl groups is 1. The van der Waals surface area contributed by atoms with Crippen LogP contribution in [0.5, 0.6) is 0 Å². The third-order valence-corrected chi connectivity index (χ3v) is 3.23. The summed E-state index contributed by atoms with van der Waals surface area (Å²) >= 11 is 0. The van der Waals surface area contributed by atoms with Gasteiger partial charge >= 0.3 is 0 Å². The van der Waals surface area contributed by atoms with Gasteiger partial charge < -0.3 is 15.3 Å². The van der Waals surface area contributed by atoms with E-state index in [4.69, 9.17) is 0 Å². The van der Waals surface area contributed by atoms with Crippen molar-refractivity contribution in [3.05, 3.63) is 0 Å². The second-order valence-electron chi connectivity index (χ2n) is 4.17. The van der Waals surface area contributed by atoms with Gasteiger partial charge in [0.15, 0.2) is 0 Å². The predicted molar refractivity (Wildman–Crippen MR) is 54.8 cm³/mol. The average Bonchev–Trinajstić information content (AvgIpc) is 2.97. The fraction of sp³-hybridized carbons (Fsp3) is 1.00. The minimum atomic E-state index is -0.0508. The average molecular weight is 186 g/mol. The molecule has 1 rings (SSSR count). The van der Waals surface area contributed by atoms with E-state index >= 15 is 0 Å². The van der Waals surface area contributed by atoms with Crippen molar-refractivity contribution in [3.63, 3.8) is 0 Å². The van der Waals surface area contributed by atoms with Gasteiger partial charge in [0.1, 0.15) is 0 Å². The van der Waals surface area contributed by atoms with E-state index in [0.717, 1.165) is 13.1 Å². The Labute approximate surface area is 81.1 Å². The maximum absolute atomic E-state index is 9.44. The molecule has 0 spiro atoms. The van der Waals surface area contributed by atoms with Crippen LogP contribution in [-0.4, -0.2) is 49.3 Å². The maximum Gasteiger partial charge on any atom is 0.0628 e. The number of likely N-dealkylation sites (N-methyl/N-ethyl adjacent to an activating group) is 2. The Hall–Kier alpha value is -0.120. The van der Waals surface area contributed by atoms with Crippen LogP contribution in [-0.2, 0) is 0 Å². The van der Waals surface area contributed by atoms with E-state index in [1.165, 1.54) is 12.8 Å². The molecule has 78 valence electrons. The van der Waals surface area contributed by atoms with Crippen LogP contribution < -0.4 is 5.32 Å². The fourth-order valence-electron chi connectivity index (χ4n) is 1.90. The van der Waals surface area contributed by atoms with Crippen molar-refractivity contribution < 1.29 is 5.11 Å². The first kappa shape index (κ1) is 11.0. The predicted octanol–water partition coefficient (Wildman–Crippen LogP) is 0.299. The fourth-order valence-corrected chi connectivity index (χ4v) is 1.90. The Kier molecular flexibility index (Phi) is 3.71. The summed E-state index contributed by atoms with van der Waals surface area (Å²) in [5.74, 6) is 0.677. The number of nitrogens with zero attached hydrogens (tertiary/aromatic N) is 1. The number of hydrogen-bond acceptors (Lipinski definition) is 3. The molecule has 0 heterocycles. The highest BCUT2D eigenvalue weighted by Crippen LogP contribution is 2.39. The molecule has 1 saturated carbocycles. The maximum atomic E-state index is 9.44. The van der Waals surface area contributed by atoms with E-state index in [0.29, 0.717) is 5.92 Å². The summed E-state index contributed by atoms with van der Waals surface area (Å²) in [5, 5.41) is 12.7. The first-order chi connectivity index (χ1) is 6.18. The van der Waals surface area contributed by atoms with Crippen molar-refractivity contribution in [2.75, 3.05) is 33.8 Å². The topological polar surface area (TPSA) is 35.5 Å². The highest BCUT2D eigenvalue weighted by Gasteiger charge is 2.44. The summed E-state index contributed by atoms with van der Waals surface area (Å²) in [6.07, 6.45) is 2.53. The molecule has 13 heavy (non-hydrogen) atoms. The molecule has 0 radical (unpaired) electrons. The van der Waals surface area contributed by atoms with Gasteiger partial charge in [-0.3, -0.25) is 0 Å². The van der Waals surface area contributed by atoms with Gasteiger partial charge in [0.2, 0.25) is 0 Å². The molecular weight excluding hydrogens is 164 g/mol. The van der Waals surface area contributed by atoms with Crippen molar-refractivity contribution >= 4 is 0 Å². The molecule has 0 aromatic rings. The van der Waals surface area contributed by atoms with Gasteiger partial charge in [0.05, 0.1) is 12.1 Å². The normalized spacial score (nSPS) is 21.9. The van der Waals surface area contributed by atoms with E-state index in [9.17, 15) is 5.11 Å². The zero-order valence-electron chi connectivity index (χ0n) is 9.01. The Morgan fingerprint density at radius 1 is 1.54 bits per heavy atom. The summed E-state index contributed by atoms with van der Waals surface area (Å²) < 4.78 is 0. The molecule has 0 aromatic heterocycles. The van der Waals surface area contributed by atoms with Gasteiger partial charge in [0.25, 0.3) is 0 Å². The number of nitrogens with one attached hydrogen (secondary N) is 1. The van der Waals surface area contributed by atoms with Crippen molar-refractivity contribution in [2.24, 2.45) is 5.92 Å². The smallest absolute Gasteiger partial charge is 0.0628 e. The zero-order chi connectivity index (χ0) is 9.90. The molecule has 3 nitrogen and oxygen atoms in total. The Balaban J connectivity index is 2.54. The molecule has 1 aliphatic rings. The summed E-state index contributed by atoms with van der Waals surface area (Å²) in [6.45, 7) is 4.38. The summed E-state index contributed by atoms with van der Waals surface area (Å²) in [4.78, 5) is 2.26. The molecule has 0 aromatic carbocycles. The van der Waals surface area contributed by atoms with Crippen LogP contribution >= 0.6 is 0 Å². The highest BCUT2D eigenvalue weighted by atomic mass is 16.3. The van der Waals surface area contributed by atoms with Crippen molar-refractivity contribution in [2.45, 2.75) is 25.3 Å². The lowest BCUT2D eigenvalue weighted by molar-refractivity contribution is 0.110. The van der Waals surface area contributed by atoms with E-state index in [2.05, 4.69) is 24.2 Å². The molecule has 1 fully saturated rings. The van der Waals surface area contributed by atoms with Crippen LogP contribution in [0.25, 0.3) is 0 Å². The van der Waals surface area contributed by atoms with Crippen LogP contribution in [0.15, 0.2) is 0 Å². The first-order valence-corrected chi connectivity index (χ1v) is 5.17. The van der Waals surface area contributed by atoms with Crippen LogP contribution in [0.2, 0.25) is 0 Å². The largest absolute Gasteiger partial charge is 0.394 e. The van der Waals surface area contributed by atoms with Crippen molar-refractivity contribution in [1.82, 2.24) is 10.2 Å². The minimum Gasteiger partial charge on any atom is -0.394 e. The Bertz CT molecular complexity index is 153. The third kappa shape index (κ3) is 2.42. The Morgan fingerprint density at radius 2 is 2.15 bits per heavy atom. The lowest BCUT2D eigenvalue weighted by Gasteiger charge is -2.35. The minimum absolute atomic E-state index is 0.0508. The highest BCUT2D eigenvalue weighted by molar-refractivity contribution is 5.01. The van der Waals surface area contributed by atoms with Crippen LogP contribution in [0.4, 0.5) is 0 Å². The van der Waals surface area contributed by atoms with Crippen LogP contribution in [0, 0.1) is 5.92 Å². The molecular formula is C10H22N2O. The Morgan fingerprint density at radius 3 is 2.46 bits per heavy atom. The molecule has 2 N–H and O–H groups in total. The van der Waals surface area contributed by atoms with E-state index in [1.807, 2.05) is 7.05 Å². The zero-order valence-corrected chi connectivity index (χ0v) is 9.01. The lowest BCUT2D eigenvalue weighted by atomic mass is 9.94. The number of rotatable bonds is 6. The van der Waals surface area contributed by atoms with E-state index in [-0.39, 0.29) is 12.1 Å². The van der Waals surface area contributed by atoms with Gasteiger partial charge in [-0.25, -0.2) is 0 Å². The van der Waals surface area contributed by atoms with Crippen molar-refractivity contribution in [3.8, 4) is 0 Å². The monoisotopic (exact) mass is 186 g/mol. The van der Waals surface area contributed by atoms with Crippen molar-refractivity contribution in [1.29, 1.82) is 0 Å². The van der Waals surface area contributed by atoms with Gasteiger partial charge in [0, 0.05) is 6.54 Å². The second-order valence-corrected chi connectivity index (χ2v) is 4.17. The molecule has 1 atom stereocenters. The molecule has 0 aliphatic heterocycles. The molecule has 0 amide bonds. The van der Waals surface area contributed by atoms with Gasteiger partial charge in [-0.05, 0) is 39.4 Å². The quantitative estimate of drug-likeness (QED) is 0.626. The number of hydrogen-bond donors (Lipinski definition) is 2. The van der Waals surface area contributed by atoms with E-state index < -0.39 is 0 Å². The lowest BCUT2D eigenvalue weighted by Crippen LogP contribution is -2.56. The standard InChI is InChI=1S/C10H22N2O/c1-4-12(3)7-10(8-13,11-2)9-5-6-9/h9,11,13H,4-8H2,1-3H3. The summed E-state index contributed by atoms with van der Waals surface area (Å²) in [7, 11) is 4.06. The SMILES string of the molecule is CCN(C)CC(CO)(NC)C1CC1. The van der Waals surface area contributed by atoms with Crippen LogP contribution in [0.3, 0.4) is 0 Å². The molecule has 0 saturated heterocycles. The number of aliphatic hydroxyl groups excluding tert-OH is 1. The molecule has 1 aliphatic carbocycles. The van der Waals surface area contributed by atoms with Gasteiger partial charge in [-0.15, -0.1) is 0 Å². The van der Waals surface area contributed by atoms with Gasteiger partial charge in [-0.2, -0.15) is 0 Å². The first-order valence-electron chi connectivity index (χ1n) is 5.17.